The van der Waals surface area contributed by atoms with E-state index in [0.29, 0.717) is 5.02 Å². The van der Waals surface area contributed by atoms with Crippen molar-refractivity contribution in [2.75, 3.05) is 0 Å². The van der Waals surface area contributed by atoms with E-state index in [9.17, 15) is 13.2 Å². The summed E-state index contributed by atoms with van der Waals surface area (Å²) in [6, 6.07) is 13.2. The molecule has 0 spiro atoms. The van der Waals surface area contributed by atoms with Crippen LogP contribution in [0.5, 0.6) is 0 Å². The van der Waals surface area contributed by atoms with Gasteiger partial charge < -0.3 is 5.32 Å². The van der Waals surface area contributed by atoms with E-state index in [0.717, 1.165) is 11.1 Å². The highest BCUT2D eigenvalue weighted by Gasteiger charge is 2.06. The highest BCUT2D eigenvalue weighted by atomic mass is 35.5. The maximum Gasteiger partial charge on any atom is 0.244 e. The molecule has 0 atom stereocenters. The van der Waals surface area contributed by atoms with Crippen LogP contribution in [0.1, 0.15) is 11.1 Å². The molecule has 0 bridgehead atoms. The molecule has 0 aliphatic rings. The molecular weight excluding hydrogens is 336 g/mol. The van der Waals surface area contributed by atoms with Crippen molar-refractivity contribution in [3.63, 3.8) is 0 Å². The van der Waals surface area contributed by atoms with Crippen LogP contribution in [-0.2, 0) is 21.4 Å². The number of primary sulfonamides is 1. The number of nitrogens with two attached hydrogens (primary N) is 1. The quantitative estimate of drug-likeness (QED) is 0.811. The normalized spacial score (nSPS) is 11.6. The number of hydrogen-bond acceptors (Lipinski definition) is 3. The summed E-state index contributed by atoms with van der Waals surface area (Å²) in [6.07, 6.45) is 3.02. The fourth-order valence-corrected chi connectivity index (χ4v) is 2.53. The first-order chi connectivity index (χ1) is 10.9. The molecule has 120 valence electrons. The van der Waals surface area contributed by atoms with Crippen LogP contribution in [0.4, 0.5) is 0 Å². The Morgan fingerprint density at radius 2 is 1.78 bits per heavy atom. The molecule has 0 aliphatic heterocycles. The fourth-order valence-electron chi connectivity index (χ4n) is 1.82. The molecule has 2 aromatic rings. The predicted octanol–water partition coefficient (Wildman–Crippen LogP) is 2.32. The third-order valence-electron chi connectivity index (χ3n) is 3.04. The first-order valence-electron chi connectivity index (χ1n) is 6.68. The van der Waals surface area contributed by atoms with E-state index in [1.165, 1.54) is 18.2 Å². The van der Waals surface area contributed by atoms with Crippen molar-refractivity contribution in [1.29, 1.82) is 0 Å². The van der Waals surface area contributed by atoms with E-state index in [-0.39, 0.29) is 17.3 Å². The van der Waals surface area contributed by atoms with Crippen LogP contribution in [0.3, 0.4) is 0 Å². The van der Waals surface area contributed by atoms with Gasteiger partial charge in [0.2, 0.25) is 15.9 Å². The topological polar surface area (TPSA) is 89.3 Å². The van der Waals surface area contributed by atoms with Crippen LogP contribution in [0.15, 0.2) is 59.5 Å². The third-order valence-corrected chi connectivity index (χ3v) is 4.31. The molecule has 2 aromatic carbocycles. The Morgan fingerprint density at radius 3 is 2.39 bits per heavy atom. The molecule has 23 heavy (non-hydrogen) atoms. The summed E-state index contributed by atoms with van der Waals surface area (Å²) < 4.78 is 22.3. The van der Waals surface area contributed by atoms with Crippen molar-refractivity contribution in [2.45, 2.75) is 11.4 Å². The van der Waals surface area contributed by atoms with E-state index in [1.54, 1.807) is 30.3 Å². The third kappa shape index (κ3) is 5.21. The number of carbonyl (C=O) groups excluding carboxylic acids is 1. The maximum absolute atomic E-state index is 11.8. The van der Waals surface area contributed by atoms with Crippen molar-refractivity contribution in [3.8, 4) is 0 Å². The van der Waals surface area contributed by atoms with E-state index >= 15 is 0 Å². The summed E-state index contributed by atoms with van der Waals surface area (Å²) in [5, 5.41) is 8.28. The van der Waals surface area contributed by atoms with Gasteiger partial charge >= 0.3 is 0 Å². The Bertz CT molecular complexity index is 831. The zero-order valence-corrected chi connectivity index (χ0v) is 13.6. The van der Waals surface area contributed by atoms with Crippen LogP contribution < -0.4 is 10.5 Å². The largest absolute Gasteiger partial charge is 0.348 e. The Kier molecular flexibility index (Phi) is 5.54. The minimum atomic E-state index is -3.71. The monoisotopic (exact) mass is 350 g/mol. The van der Waals surface area contributed by atoms with Crippen molar-refractivity contribution >= 4 is 33.6 Å². The van der Waals surface area contributed by atoms with Gasteiger partial charge in [-0.1, -0.05) is 41.9 Å². The summed E-state index contributed by atoms with van der Waals surface area (Å²) in [6.45, 7) is 0.274. The number of carbonyl (C=O) groups is 1. The molecule has 7 heteroatoms. The zero-order chi connectivity index (χ0) is 16.9. The summed E-state index contributed by atoms with van der Waals surface area (Å²) in [7, 11) is -3.71. The molecule has 5 nitrogen and oxygen atoms in total. The van der Waals surface area contributed by atoms with Gasteiger partial charge in [0.05, 0.1) is 4.90 Å². The standard InChI is InChI=1S/C16H15ClN2O3S/c17-15-4-2-1-3-13(15)7-10-16(20)19-11-12-5-8-14(9-6-12)23(18,21)22/h1-10H,11H2,(H,19,20)(H2,18,21,22)/b10-7+. The minimum Gasteiger partial charge on any atom is -0.348 e. The lowest BCUT2D eigenvalue weighted by Crippen LogP contribution is -2.20. The van der Waals surface area contributed by atoms with Gasteiger partial charge in [-0.2, -0.15) is 0 Å². The van der Waals surface area contributed by atoms with Crippen LogP contribution in [0.25, 0.3) is 6.08 Å². The lowest BCUT2D eigenvalue weighted by atomic mass is 10.2. The summed E-state index contributed by atoms with van der Waals surface area (Å²) in [5.41, 5.74) is 1.51. The SMILES string of the molecule is NS(=O)(=O)c1ccc(CNC(=O)/C=C/c2ccccc2Cl)cc1. The van der Waals surface area contributed by atoms with E-state index < -0.39 is 10.0 Å². The van der Waals surface area contributed by atoms with E-state index in [2.05, 4.69) is 5.32 Å². The van der Waals surface area contributed by atoms with Gasteiger partial charge in [0.15, 0.2) is 0 Å². The molecule has 2 rings (SSSR count). The average molecular weight is 351 g/mol. The minimum absolute atomic E-state index is 0.0335. The molecule has 0 fully saturated rings. The van der Waals surface area contributed by atoms with Crippen molar-refractivity contribution < 1.29 is 13.2 Å². The number of sulfonamides is 1. The Hall–Kier alpha value is -2.15. The maximum atomic E-state index is 11.8. The molecule has 0 aliphatic carbocycles. The van der Waals surface area contributed by atoms with Gasteiger partial charge in [-0.05, 0) is 35.4 Å². The molecule has 0 unspecified atom stereocenters. The molecule has 0 saturated heterocycles. The fraction of sp³-hybridized carbons (Fsp3) is 0.0625. The first-order valence-corrected chi connectivity index (χ1v) is 8.61. The highest BCUT2D eigenvalue weighted by Crippen LogP contribution is 2.16. The van der Waals surface area contributed by atoms with Gasteiger partial charge in [-0.25, -0.2) is 13.6 Å². The average Bonchev–Trinajstić information content (AvgIpc) is 2.51. The first kappa shape index (κ1) is 17.2. The lowest BCUT2D eigenvalue weighted by molar-refractivity contribution is -0.116. The van der Waals surface area contributed by atoms with Crippen molar-refractivity contribution in [3.05, 3.63) is 70.8 Å². The summed E-state index contributed by atoms with van der Waals surface area (Å²) in [4.78, 5) is 11.8. The van der Waals surface area contributed by atoms with Crippen LogP contribution >= 0.6 is 11.6 Å². The highest BCUT2D eigenvalue weighted by molar-refractivity contribution is 7.89. The molecule has 0 saturated carbocycles. The molecule has 3 N–H and O–H groups in total. The number of rotatable bonds is 5. The Labute approximate surface area is 139 Å². The van der Waals surface area contributed by atoms with Gasteiger partial charge in [-0.15, -0.1) is 0 Å². The summed E-state index contributed by atoms with van der Waals surface area (Å²) in [5.74, 6) is -0.277. The number of amides is 1. The number of benzene rings is 2. The number of hydrogen-bond donors (Lipinski definition) is 2. The molecule has 1 amide bonds. The summed E-state index contributed by atoms with van der Waals surface area (Å²) >= 11 is 5.99. The second-order valence-electron chi connectivity index (χ2n) is 4.76. The molecule has 0 aromatic heterocycles. The van der Waals surface area contributed by atoms with Crippen molar-refractivity contribution in [1.82, 2.24) is 5.32 Å². The van der Waals surface area contributed by atoms with Crippen molar-refractivity contribution in [2.24, 2.45) is 5.14 Å². The zero-order valence-electron chi connectivity index (χ0n) is 12.1. The van der Waals surface area contributed by atoms with Gasteiger partial charge in [0.25, 0.3) is 0 Å². The van der Waals surface area contributed by atoms with Gasteiger partial charge in [0, 0.05) is 17.6 Å². The van der Waals surface area contributed by atoms with E-state index in [1.807, 2.05) is 12.1 Å². The number of nitrogens with one attached hydrogen (secondary N) is 1. The van der Waals surface area contributed by atoms with Gasteiger partial charge in [-0.3, -0.25) is 4.79 Å². The number of halogens is 1. The second kappa shape index (κ2) is 7.41. The molecule has 0 heterocycles. The van der Waals surface area contributed by atoms with Crippen LogP contribution in [-0.4, -0.2) is 14.3 Å². The molecular formula is C16H15ClN2O3S. The molecule has 0 radical (unpaired) electrons. The smallest absolute Gasteiger partial charge is 0.244 e. The predicted molar refractivity (Wildman–Crippen MR) is 90.1 cm³/mol. The van der Waals surface area contributed by atoms with Crippen LogP contribution in [0, 0.1) is 0 Å². The Balaban J connectivity index is 1.93. The van der Waals surface area contributed by atoms with E-state index in [4.69, 9.17) is 16.7 Å². The van der Waals surface area contributed by atoms with Crippen LogP contribution in [0.2, 0.25) is 5.02 Å². The lowest BCUT2D eigenvalue weighted by Gasteiger charge is -2.04. The Morgan fingerprint density at radius 1 is 1.13 bits per heavy atom. The van der Waals surface area contributed by atoms with Gasteiger partial charge in [0.1, 0.15) is 0 Å². The second-order valence-corrected chi connectivity index (χ2v) is 6.73.